The molecule has 1 aliphatic rings. The second kappa shape index (κ2) is 5.39. The van der Waals surface area contributed by atoms with Crippen LogP contribution in [-0.4, -0.2) is 37.1 Å². The smallest absolute Gasteiger partial charge is 0.318 e. The van der Waals surface area contributed by atoms with Crippen molar-refractivity contribution >= 4 is 17.7 Å². The molecule has 0 bridgehead atoms. The van der Waals surface area contributed by atoms with Crippen molar-refractivity contribution in [2.75, 3.05) is 25.5 Å². The van der Waals surface area contributed by atoms with Crippen LogP contribution in [0.25, 0.3) is 0 Å². The topological polar surface area (TPSA) is 73.5 Å². The van der Waals surface area contributed by atoms with E-state index in [4.69, 9.17) is 0 Å². The summed E-state index contributed by atoms with van der Waals surface area (Å²) in [6, 6.07) is 7.12. The van der Waals surface area contributed by atoms with Crippen LogP contribution in [0.5, 0.6) is 0 Å². The van der Waals surface area contributed by atoms with Crippen molar-refractivity contribution in [1.29, 1.82) is 0 Å². The number of rotatable bonds is 3. The van der Waals surface area contributed by atoms with Gasteiger partial charge in [-0.1, -0.05) is 18.2 Å². The maximum Gasteiger partial charge on any atom is 0.318 e. The molecule has 1 saturated heterocycles. The summed E-state index contributed by atoms with van der Waals surface area (Å²) >= 11 is 0. The molecule has 0 aromatic heterocycles. The number of urea groups is 2. The first-order valence-corrected chi connectivity index (χ1v) is 5.80. The molecule has 1 aromatic carbocycles. The average molecular weight is 248 g/mol. The predicted octanol–water partition coefficient (Wildman–Crippen LogP) is 0.963. The molecule has 3 N–H and O–H groups in total. The Morgan fingerprint density at radius 1 is 1.44 bits per heavy atom. The van der Waals surface area contributed by atoms with E-state index in [1.165, 1.54) is 0 Å². The number of hydrogen-bond acceptors (Lipinski definition) is 2. The van der Waals surface area contributed by atoms with Crippen molar-refractivity contribution in [3.63, 3.8) is 0 Å². The van der Waals surface area contributed by atoms with Crippen molar-refractivity contribution in [1.82, 2.24) is 15.5 Å². The van der Waals surface area contributed by atoms with Crippen LogP contribution >= 0.6 is 0 Å². The van der Waals surface area contributed by atoms with Crippen molar-refractivity contribution in [3.8, 4) is 0 Å². The average Bonchev–Trinajstić information content (AvgIpc) is 2.77. The SMILES string of the molecule is CNC(=O)Nc1ccccc1CN1CCNC1=O. The van der Waals surface area contributed by atoms with Gasteiger partial charge in [0.15, 0.2) is 0 Å². The Hall–Kier alpha value is -2.24. The number of hydrogen-bond donors (Lipinski definition) is 3. The molecule has 1 fully saturated rings. The molecule has 0 saturated carbocycles. The molecule has 6 nitrogen and oxygen atoms in total. The molecule has 2 rings (SSSR count). The van der Waals surface area contributed by atoms with Crippen molar-refractivity contribution in [3.05, 3.63) is 29.8 Å². The van der Waals surface area contributed by atoms with Gasteiger partial charge in [0.2, 0.25) is 0 Å². The number of carbonyl (C=O) groups excluding carboxylic acids is 2. The molecular weight excluding hydrogens is 232 g/mol. The summed E-state index contributed by atoms with van der Waals surface area (Å²) in [6.07, 6.45) is 0. The number of amides is 4. The molecule has 0 aliphatic carbocycles. The third kappa shape index (κ3) is 2.71. The lowest BCUT2D eigenvalue weighted by Crippen LogP contribution is -2.29. The first-order chi connectivity index (χ1) is 8.70. The normalized spacial score (nSPS) is 14.3. The molecule has 1 heterocycles. The molecule has 1 aromatic rings. The van der Waals surface area contributed by atoms with E-state index in [0.29, 0.717) is 19.6 Å². The Morgan fingerprint density at radius 3 is 2.89 bits per heavy atom. The van der Waals surface area contributed by atoms with Gasteiger partial charge in [0.25, 0.3) is 0 Å². The first kappa shape index (κ1) is 12.2. The predicted molar refractivity (Wildman–Crippen MR) is 68.3 cm³/mol. The maximum absolute atomic E-state index is 11.5. The number of para-hydroxylation sites is 1. The van der Waals surface area contributed by atoms with Gasteiger partial charge in [0.05, 0.1) is 0 Å². The first-order valence-electron chi connectivity index (χ1n) is 5.80. The zero-order valence-electron chi connectivity index (χ0n) is 10.2. The van der Waals surface area contributed by atoms with E-state index < -0.39 is 0 Å². The fourth-order valence-corrected chi connectivity index (χ4v) is 1.83. The Labute approximate surface area is 105 Å². The van der Waals surface area contributed by atoms with Crippen LogP contribution in [0.1, 0.15) is 5.56 Å². The minimum Gasteiger partial charge on any atom is -0.341 e. The Morgan fingerprint density at radius 2 is 2.22 bits per heavy atom. The van der Waals surface area contributed by atoms with Gasteiger partial charge in [-0.3, -0.25) is 0 Å². The number of benzene rings is 1. The highest BCUT2D eigenvalue weighted by atomic mass is 16.2. The van der Waals surface area contributed by atoms with E-state index in [-0.39, 0.29) is 12.1 Å². The molecule has 96 valence electrons. The second-order valence-electron chi connectivity index (χ2n) is 4.01. The highest BCUT2D eigenvalue weighted by Crippen LogP contribution is 2.17. The van der Waals surface area contributed by atoms with E-state index in [2.05, 4.69) is 16.0 Å². The van der Waals surface area contributed by atoms with Crippen molar-refractivity contribution < 1.29 is 9.59 Å². The van der Waals surface area contributed by atoms with Crippen LogP contribution in [-0.2, 0) is 6.54 Å². The third-order valence-electron chi connectivity index (χ3n) is 2.80. The summed E-state index contributed by atoms with van der Waals surface area (Å²) in [7, 11) is 1.56. The molecule has 0 spiro atoms. The molecule has 18 heavy (non-hydrogen) atoms. The van der Waals surface area contributed by atoms with Gasteiger partial charge in [0, 0.05) is 32.4 Å². The van der Waals surface area contributed by atoms with Crippen molar-refractivity contribution in [2.45, 2.75) is 6.54 Å². The lowest BCUT2D eigenvalue weighted by Gasteiger charge is -2.17. The van der Waals surface area contributed by atoms with E-state index in [0.717, 1.165) is 11.3 Å². The molecular formula is C12H16N4O2. The zero-order chi connectivity index (χ0) is 13.0. The zero-order valence-corrected chi connectivity index (χ0v) is 10.2. The minimum absolute atomic E-state index is 0.0650. The fourth-order valence-electron chi connectivity index (χ4n) is 1.83. The molecule has 4 amide bonds. The Kier molecular flexibility index (Phi) is 3.66. The fraction of sp³-hybridized carbons (Fsp3) is 0.333. The van der Waals surface area contributed by atoms with E-state index in [9.17, 15) is 9.59 Å². The summed E-state index contributed by atoms with van der Waals surface area (Å²) in [5, 5.41) is 7.99. The summed E-state index contributed by atoms with van der Waals surface area (Å²) in [4.78, 5) is 24.5. The molecule has 0 radical (unpaired) electrons. The lowest BCUT2D eigenvalue weighted by atomic mass is 10.1. The van der Waals surface area contributed by atoms with Crippen LogP contribution in [0.3, 0.4) is 0 Å². The van der Waals surface area contributed by atoms with Crippen LogP contribution < -0.4 is 16.0 Å². The number of nitrogens with one attached hydrogen (secondary N) is 3. The van der Waals surface area contributed by atoms with Crippen LogP contribution in [0.15, 0.2) is 24.3 Å². The van der Waals surface area contributed by atoms with E-state index in [1.54, 1.807) is 11.9 Å². The third-order valence-corrected chi connectivity index (χ3v) is 2.80. The van der Waals surface area contributed by atoms with Gasteiger partial charge in [-0.05, 0) is 11.6 Å². The summed E-state index contributed by atoms with van der Waals surface area (Å²) in [5.41, 5.74) is 1.63. The van der Waals surface area contributed by atoms with Crippen LogP contribution in [0.2, 0.25) is 0 Å². The molecule has 6 heteroatoms. The Bertz CT molecular complexity index is 461. The van der Waals surface area contributed by atoms with Crippen molar-refractivity contribution in [2.24, 2.45) is 0 Å². The highest BCUT2D eigenvalue weighted by molar-refractivity contribution is 5.90. The summed E-state index contributed by atoms with van der Waals surface area (Å²) < 4.78 is 0. The van der Waals surface area contributed by atoms with Crippen LogP contribution in [0.4, 0.5) is 15.3 Å². The molecule has 1 aliphatic heterocycles. The number of carbonyl (C=O) groups is 2. The number of nitrogens with zero attached hydrogens (tertiary/aromatic N) is 1. The summed E-state index contributed by atoms with van der Waals surface area (Å²) in [6.45, 7) is 1.85. The number of anilines is 1. The van der Waals surface area contributed by atoms with E-state index >= 15 is 0 Å². The van der Waals surface area contributed by atoms with Gasteiger partial charge in [-0.15, -0.1) is 0 Å². The standard InChI is InChI=1S/C12H16N4O2/c1-13-11(17)15-10-5-3-2-4-9(10)8-16-7-6-14-12(16)18/h2-5H,6-8H2,1H3,(H,14,18)(H2,13,15,17). The molecule has 0 unspecified atom stereocenters. The summed E-state index contributed by atoms with van der Waals surface area (Å²) in [5.74, 6) is 0. The largest absolute Gasteiger partial charge is 0.341 e. The van der Waals surface area contributed by atoms with Gasteiger partial charge in [0.1, 0.15) is 0 Å². The van der Waals surface area contributed by atoms with Gasteiger partial charge >= 0.3 is 12.1 Å². The highest BCUT2D eigenvalue weighted by Gasteiger charge is 2.20. The van der Waals surface area contributed by atoms with E-state index in [1.807, 2.05) is 24.3 Å². The minimum atomic E-state index is -0.270. The maximum atomic E-state index is 11.5. The lowest BCUT2D eigenvalue weighted by molar-refractivity contribution is 0.215. The van der Waals surface area contributed by atoms with Gasteiger partial charge in [-0.2, -0.15) is 0 Å². The second-order valence-corrected chi connectivity index (χ2v) is 4.01. The Balaban J connectivity index is 2.11. The molecule has 0 atom stereocenters. The van der Waals surface area contributed by atoms with Gasteiger partial charge in [-0.25, -0.2) is 9.59 Å². The quantitative estimate of drug-likeness (QED) is 0.745. The monoisotopic (exact) mass is 248 g/mol. The van der Waals surface area contributed by atoms with Gasteiger partial charge < -0.3 is 20.9 Å². The van der Waals surface area contributed by atoms with Crippen LogP contribution in [0, 0.1) is 0 Å².